The number of aliphatic hydroxyl groups is 2. The lowest BCUT2D eigenvalue weighted by Gasteiger charge is -2.22. The van der Waals surface area contributed by atoms with Crippen molar-refractivity contribution in [2.75, 3.05) is 5.75 Å². The fraction of sp³-hybridized carbons (Fsp3) is 0.781. The molecule has 0 rings (SSSR count). The van der Waals surface area contributed by atoms with Crippen LogP contribution in [0.5, 0.6) is 0 Å². The first-order chi connectivity index (χ1) is 19.2. The van der Waals surface area contributed by atoms with Crippen molar-refractivity contribution in [2.24, 2.45) is 0 Å². The van der Waals surface area contributed by atoms with E-state index < -0.39 is 40.0 Å². The minimum atomic E-state index is -4.44. The summed E-state index contributed by atoms with van der Waals surface area (Å²) in [7, 11) is -4.44. The highest BCUT2D eigenvalue weighted by atomic mass is 32.2. The van der Waals surface area contributed by atoms with Crippen molar-refractivity contribution in [3.05, 3.63) is 36.5 Å². The molecule has 0 aliphatic rings. The molecule has 7 nitrogen and oxygen atoms in total. The molecule has 0 saturated carbocycles. The molecular formula is C32H59NO6S. The van der Waals surface area contributed by atoms with E-state index >= 15 is 0 Å². The predicted octanol–water partition coefficient (Wildman–Crippen LogP) is 7.20. The first kappa shape index (κ1) is 38.5. The van der Waals surface area contributed by atoms with E-state index in [9.17, 15) is 28.0 Å². The number of allylic oxidation sites excluding steroid dienone is 5. The van der Waals surface area contributed by atoms with Crippen LogP contribution in [0.2, 0.25) is 0 Å². The summed E-state index contributed by atoms with van der Waals surface area (Å²) in [5.41, 5.74) is 0. The van der Waals surface area contributed by atoms with Gasteiger partial charge in [0.25, 0.3) is 10.1 Å². The maximum Gasteiger partial charge on any atom is 0.267 e. The summed E-state index contributed by atoms with van der Waals surface area (Å²) >= 11 is 0. The second kappa shape index (κ2) is 26.4. The van der Waals surface area contributed by atoms with Gasteiger partial charge in [-0.2, -0.15) is 8.42 Å². The molecule has 4 N–H and O–H groups in total. The topological polar surface area (TPSA) is 124 Å². The Labute approximate surface area is 245 Å². The molecule has 0 fully saturated rings. The second-order valence-corrected chi connectivity index (χ2v) is 12.4. The van der Waals surface area contributed by atoms with Crippen molar-refractivity contribution in [1.82, 2.24) is 5.32 Å². The zero-order valence-corrected chi connectivity index (χ0v) is 26.1. The summed E-state index contributed by atoms with van der Waals surface area (Å²) in [5, 5.41) is 23.1. The third kappa shape index (κ3) is 25.5. The van der Waals surface area contributed by atoms with E-state index in [-0.39, 0.29) is 6.42 Å². The molecule has 234 valence electrons. The summed E-state index contributed by atoms with van der Waals surface area (Å²) in [6.45, 7) is 4.23. The van der Waals surface area contributed by atoms with Gasteiger partial charge in [0, 0.05) is 0 Å². The molecule has 0 spiro atoms. The first-order valence-electron chi connectivity index (χ1n) is 15.8. The van der Waals surface area contributed by atoms with Gasteiger partial charge in [0.15, 0.2) is 0 Å². The molecule has 0 aromatic carbocycles. The van der Waals surface area contributed by atoms with Gasteiger partial charge in [-0.15, -0.1) is 0 Å². The van der Waals surface area contributed by atoms with Crippen molar-refractivity contribution >= 4 is 16.0 Å². The highest BCUT2D eigenvalue weighted by molar-refractivity contribution is 7.85. The second-order valence-electron chi connectivity index (χ2n) is 10.9. The van der Waals surface area contributed by atoms with E-state index in [4.69, 9.17) is 0 Å². The van der Waals surface area contributed by atoms with Gasteiger partial charge in [0.05, 0.1) is 17.9 Å². The average molecular weight is 586 g/mol. The predicted molar refractivity (Wildman–Crippen MR) is 167 cm³/mol. The van der Waals surface area contributed by atoms with E-state index in [0.29, 0.717) is 12.8 Å². The average Bonchev–Trinajstić information content (AvgIpc) is 2.90. The van der Waals surface area contributed by atoms with Crippen LogP contribution < -0.4 is 5.32 Å². The summed E-state index contributed by atoms with van der Waals surface area (Å²) in [5.74, 6) is -1.57. The lowest BCUT2D eigenvalue weighted by atomic mass is 10.0. The molecule has 40 heavy (non-hydrogen) atoms. The van der Waals surface area contributed by atoms with Gasteiger partial charge >= 0.3 is 0 Å². The van der Waals surface area contributed by atoms with E-state index in [1.807, 2.05) is 19.1 Å². The van der Waals surface area contributed by atoms with Gasteiger partial charge in [-0.25, -0.2) is 0 Å². The number of carbonyl (C=O) groups is 1. The van der Waals surface area contributed by atoms with Crippen molar-refractivity contribution in [2.45, 2.75) is 154 Å². The highest BCUT2D eigenvalue weighted by Gasteiger charge is 2.27. The monoisotopic (exact) mass is 585 g/mol. The van der Waals surface area contributed by atoms with Gasteiger partial charge < -0.3 is 15.5 Å². The van der Waals surface area contributed by atoms with Gasteiger partial charge in [-0.3, -0.25) is 9.35 Å². The minimum Gasteiger partial charge on any atom is -0.387 e. The number of amides is 1. The fourth-order valence-corrected chi connectivity index (χ4v) is 5.29. The number of nitrogens with one attached hydrogen (secondary N) is 1. The summed E-state index contributed by atoms with van der Waals surface area (Å²) in [6.07, 6.45) is 29.4. The quantitative estimate of drug-likeness (QED) is 0.0459. The third-order valence-electron chi connectivity index (χ3n) is 7.00. The number of hydrogen-bond acceptors (Lipinski definition) is 5. The molecule has 3 unspecified atom stereocenters. The van der Waals surface area contributed by atoms with Crippen LogP contribution in [0.4, 0.5) is 0 Å². The van der Waals surface area contributed by atoms with Crippen LogP contribution >= 0.6 is 0 Å². The number of hydrogen-bond donors (Lipinski definition) is 4. The van der Waals surface area contributed by atoms with Crippen molar-refractivity contribution < 1.29 is 28.0 Å². The Kier molecular flexibility index (Phi) is 25.4. The molecular weight excluding hydrogens is 526 g/mol. The van der Waals surface area contributed by atoms with Crippen LogP contribution in [-0.4, -0.2) is 53.1 Å². The molecule has 0 aromatic rings. The van der Waals surface area contributed by atoms with Crippen molar-refractivity contribution in [1.29, 1.82) is 0 Å². The Morgan fingerprint density at radius 3 is 1.65 bits per heavy atom. The molecule has 0 bridgehead atoms. The standard InChI is InChI=1S/C32H59NO6S/c1-3-5-7-9-11-13-14-15-16-17-19-21-23-25-27-31(35)32(36)33-29(28-40(37,38)39)30(34)26-24-22-20-18-12-10-8-6-4-2/h4,6,12,18,24,26,29-31,34-35H,3,5,7-11,13-17,19-23,25,27-28H2,1-2H3,(H,33,36)(H,37,38,39)/b6-4+,18-12+,26-24+. The number of rotatable bonds is 27. The molecule has 0 heterocycles. The van der Waals surface area contributed by atoms with E-state index in [1.54, 1.807) is 6.08 Å². The smallest absolute Gasteiger partial charge is 0.267 e. The largest absolute Gasteiger partial charge is 0.387 e. The van der Waals surface area contributed by atoms with Crippen molar-refractivity contribution in [3.63, 3.8) is 0 Å². The molecule has 3 atom stereocenters. The molecule has 1 amide bonds. The van der Waals surface area contributed by atoms with Gasteiger partial charge in [0.1, 0.15) is 6.10 Å². The molecule has 0 aliphatic carbocycles. The first-order valence-corrected chi connectivity index (χ1v) is 17.4. The molecule has 0 saturated heterocycles. The zero-order chi connectivity index (χ0) is 29.9. The Bertz CT molecular complexity index is 793. The fourth-order valence-electron chi connectivity index (χ4n) is 4.55. The molecule has 8 heteroatoms. The van der Waals surface area contributed by atoms with Gasteiger partial charge in [-0.05, 0) is 39.0 Å². The Hall–Kier alpha value is -1.48. The van der Waals surface area contributed by atoms with Crippen LogP contribution in [0.15, 0.2) is 36.5 Å². The van der Waals surface area contributed by atoms with Crippen LogP contribution in [0.3, 0.4) is 0 Å². The van der Waals surface area contributed by atoms with Crippen LogP contribution in [0, 0.1) is 0 Å². The third-order valence-corrected chi connectivity index (χ3v) is 7.78. The Balaban J connectivity index is 4.20. The number of carbonyl (C=O) groups excluding carboxylic acids is 1. The zero-order valence-electron chi connectivity index (χ0n) is 25.3. The number of unbranched alkanes of at least 4 members (excludes halogenated alkanes) is 15. The normalized spacial score (nSPS) is 14.8. The van der Waals surface area contributed by atoms with E-state index in [1.165, 1.54) is 70.3 Å². The van der Waals surface area contributed by atoms with Gasteiger partial charge in [0.2, 0.25) is 5.91 Å². The van der Waals surface area contributed by atoms with Crippen LogP contribution in [-0.2, 0) is 14.9 Å². The Morgan fingerprint density at radius 1 is 0.725 bits per heavy atom. The Morgan fingerprint density at radius 2 is 1.18 bits per heavy atom. The molecule has 0 aromatic heterocycles. The summed E-state index contributed by atoms with van der Waals surface area (Å²) < 4.78 is 32.1. The highest BCUT2D eigenvalue weighted by Crippen LogP contribution is 2.14. The van der Waals surface area contributed by atoms with Crippen molar-refractivity contribution in [3.8, 4) is 0 Å². The van der Waals surface area contributed by atoms with E-state index in [0.717, 1.165) is 38.5 Å². The van der Waals surface area contributed by atoms with Crippen LogP contribution in [0.25, 0.3) is 0 Å². The molecule has 0 radical (unpaired) electrons. The summed E-state index contributed by atoms with van der Waals surface area (Å²) in [6, 6.07) is -1.25. The minimum absolute atomic E-state index is 0.273. The van der Waals surface area contributed by atoms with Gasteiger partial charge in [-0.1, -0.05) is 133 Å². The lowest BCUT2D eigenvalue weighted by molar-refractivity contribution is -0.130. The maximum absolute atomic E-state index is 12.4. The maximum atomic E-state index is 12.4. The lowest BCUT2D eigenvalue weighted by Crippen LogP contribution is -2.50. The SMILES string of the molecule is C/C=C/CC/C=C/CC/C=C/C(O)C(CS(=O)(=O)O)NC(=O)C(O)CCCCCCCCCCCCCCCC. The summed E-state index contributed by atoms with van der Waals surface area (Å²) in [4.78, 5) is 12.4. The number of aliphatic hydroxyl groups excluding tert-OH is 2. The van der Waals surface area contributed by atoms with E-state index in [2.05, 4.69) is 24.4 Å². The molecule has 0 aliphatic heterocycles. The van der Waals surface area contributed by atoms with Crippen LogP contribution in [0.1, 0.15) is 136 Å².